The van der Waals surface area contributed by atoms with Crippen molar-refractivity contribution in [2.75, 3.05) is 0 Å². The van der Waals surface area contributed by atoms with Gasteiger partial charge in [0.05, 0.1) is 12.3 Å². The Morgan fingerprint density at radius 1 is 0.947 bits per heavy atom. The molecule has 100 valence electrons. The predicted molar refractivity (Wildman–Crippen MR) is 77.2 cm³/mol. The fourth-order valence-electron chi connectivity index (χ4n) is 2.02. The third kappa shape index (κ3) is 3.89. The van der Waals surface area contributed by atoms with Gasteiger partial charge in [0, 0.05) is 0 Å². The molecule has 0 amide bonds. The van der Waals surface area contributed by atoms with Crippen LogP contribution in [-0.4, -0.2) is 5.66 Å². The molecular weight excluding hydrogens is 236 g/mol. The fourth-order valence-corrected chi connectivity index (χ4v) is 2.02. The summed E-state index contributed by atoms with van der Waals surface area (Å²) in [6.45, 7) is 2.26. The first-order valence-electron chi connectivity index (χ1n) is 6.35. The van der Waals surface area contributed by atoms with Crippen LogP contribution in [0.2, 0.25) is 0 Å². The van der Waals surface area contributed by atoms with Crippen molar-refractivity contribution in [1.29, 1.82) is 0 Å². The van der Waals surface area contributed by atoms with E-state index in [4.69, 9.17) is 16.2 Å². The molecule has 3 nitrogen and oxygen atoms in total. The summed E-state index contributed by atoms with van der Waals surface area (Å²) < 4.78 is 5.93. The van der Waals surface area contributed by atoms with Crippen LogP contribution < -0.4 is 11.5 Å². The molecule has 0 radical (unpaired) electrons. The van der Waals surface area contributed by atoms with E-state index in [0.717, 1.165) is 11.1 Å². The summed E-state index contributed by atoms with van der Waals surface area (Å²) in [6, 6.07) is 19.8. The lowest BCUT2D eigenvalue weighted by Crippen LogP contribution is -2.52. The highest BCUT2D eigenvalue weighted by Gasteiger charge is 2.28. The molecule has 0 aliphatic heterocycles. The van der Waals surface area contributed by atoms with Gasteiger partial charge in [-0.3, -0.25) is 0 Å². The molecule has 0 spiro atoms. The van der Waals surface area contributed by atoms with Crippen molar-refractivity contribution in [3.63, 3.8) is 0 Å². The molecule has 2 aromatic carbocycles. The lowest BCUT2D eigenvalue weighted by molar-refractivity contribution is -0.00695. The Kier molecular flexibility index (Phi) is 4.32. The smallest absolute Gasteiger partial charge is 0.114 e. The average molecular weight is 256 g/mol. The van der Waals surface area contributed by atoms with Gasteiger partial charge in [0.15, 0.2) is 0 Å². The summed E-state index contributed by atoms with van der Waals surface area (Å²) in [4.78, 5) is 0. The Morgan fingerprint density at radius 2 is 1.47 bits per heavy atom. The highest BCUT2D eigenvalue weighted by molar-refractivity contribution is 5.21. The minimum absolute atomic E-state index is 0.339. The summed E-state index contributed by atoms with van der Waals surface area (Å²) in [5, 5.41) is 0. The van der Waals surface area contributed by atoms with E-state index in [2.05, 4.69) is 0 Å². The van der Waals surface area contributed by atoms with E-state index in [1.54, 1.807) is 6.92 Å². The lowest BCUT2D eigenvalue weighted by atomic mass is 9.99. The molecule has 0 bridgehead atoms. The Morgan fingerprint density at radius 3 is 2.00 bits per heavy atom. The third-order valence-corrected chi connectivity index (χ3v) is 2.93. The van der Waals surface area contributed by atoms with Gasteiger partial charge in [-0.2, -0.15) is 0 Å². The van der Waals surface area contributed by atoms with Crippen molar-refractivity contribution < 1.29 is 4.74 Å². The average Bonchev–Trinajstić information content (AvgIpc) is 2.40. The molecule has 2 rings (SSSR count). The van der Waals surface area contributed by atoms with Crippen molar-refractivity contribution >= 4 is 0 Å². The highest BCUT2D eigenvalue weighted by Crippen LogP contribution is 2.25. The van der Waals surface area contributed by atoms with Crippen molar-refractivity contribution in [1.82, 2.24) is 0 Å². The van der Waals surface area contributed by atoms with Gasteiger partial charge >= 0.3 is 0 Å². The molecular formula is C16H20N2O. The Bertz CT molecular complexity index is 491. The Balaban J connectivity index is 2.12. The molecule has 0 heterocycles. The van der Waals surface area contributed by atoms with Gasteiger partial charge in [0.1, 0.15) is 6.10 Å². The number of ether oxygens (including phenoxy) is 1. The molecule has 1 atom stereocenters. The van der Waals surface area contributed by atoms with E-state index in [1.807, 2.05) is 60.7 Å². The van der Waals surface area contributed by atoms with E-state index in [1.165, 1.54) is 0 Å². The van der Waals surface area contributed by atoms with Crippen LogP contribution in [0.15, 0.2) is 60.7 Å². The molecule has 0 aliphatic rings. The van der Waals surface area contributed by atoms with Gasteiger partial charge in [-0.05, 0) is 18.1 Å². The normalized spacial score (nSPS) is 13.2. The first-order valence-corrected chi connectivity index (χ1v) is 6.35. The van der Waals surface area contributed by atoms with Crippen LogP contribution in [0.3, 0.4) is 0 Å². The molecule has 0 saturated carbocycles. The summed E-state index contributed by atoms with van der Waals surface area (Å²) in [5.41, 5.74) is 13.2. The Labute approximate surface area is 114 Å². The second-order valence-corrected chi connectivity index (χ2v) is 4.95. The van der Waals surface area contributed by atoms with Crippen molar-refractivity contribution in [2.24, 2.45) is 11.5 Å². The lowest BCUT2D eigenvalue weighted by Gasteiger charge is -2.30. The van der Waals surface area contributed by atoms with Gasteiger partial charge in [-0.1, -0.05) is 60.7 Å². The SMILES string of the molecule is CC(N)(N)C(OCc1ccccc1)c1ccccc1. The van der Waals surface area contributed by atoms with E-state index >= 15 is 0 Å². The molecule has 0 aromatic heterocycles. The number of benzene rings is 2. The van der Waals surface area contributed by atoms with E-state index in [9.17, 15) is 0 Å². The highest BCUT2D eigenvalue weighted by atomic mass is 16.5. The van der Waals surface area contributed by atoms with Gasteiger partial charge in [0.2, 0.25) is 0 Å². The zero-order valence-electron chi connectivity index (χ0n) is 11.1. The third-order valence-electron chi connectivity index (χ3n) is 2.93. The van der Waals surface area contributed by atoms with Crippen LogP contribution >= 0.6 is 0 Å². The van der Waals surface area contributed by atoms with Crippen LogP contribution in [0.25, 0.3) is 0 Å². The summed E-state index contributed by atoms with van der Waals surface area (Å²) >= 11 is 0. The fraction of sp³-hybridized carbons (Fsp3) is 0.250. The van der Waals surface area contributed by atoms with Gasteiger partial charge in [0.25, 0.3) is 0 Å². The molecule has 0 saturated heterocycles. The molecule has 1 unspecified atom stereocenters. The maximum absolute atomic E-state index is 6.03. The second-order valence-electron chi connectivity index (χ2n) is 4.95. The number of rotatable bonds is 5. The van der Waals surface area contributed by atoms with Gasteiger partial charge in [-0.15, -0.1) is 0 Å². The number of nitrogens with two attached hydrogens (primary N) is 2. The summed E-state index contributed by atoms with van der Waals surface area (Å²) in [6.07, 6.45) is -0.339. The van der Waals surface area contributed by atoms with Crippen molar-refractivity contribution in [2.45, 2.75) is 25.3 Å². The van der Waals surface area contributed by atoms with Crippen LogP contribution in [0.5, 0.6) is 0 Å². The minimum atomic E-state index is -0.921. The van der Waals surface area contributed by atoms with Crippen LogP contribution in [0.4, 0.5) is 0 Å². The topological polar surface area (TPSA) is 61.3 Å². The first kappa shape index (κ1) is 13.7. The van der Waals surface area contributed by atoms with Crippen LogP contribution in [-0.2, 0) is 11.3 Å². The van der Waals surface area contributed by atoms with E-state index < -0.39 is 5.66 Å². The zero-order valence-corrected chi connectivity index (χ0v) is 11.1. The van der Waals surface area contributed by atoms with Gasteiger partial charge < -0.3 is 16.2 Å². The van der Waals surface area contributed by atoms with Crippen LogP contribution in [0, 0.1) is 0 Å². The largest absolute Gasteiger partial charge is 0.366 e. The molecule has 0 aliphatic carbocycles. The standard InChI is InChI=1S/C16H20N2O/c1-16(17,18)15(14-10-6-3-7-11-14)19-12-13-8-4-2-5-9-13/h2-11,15H,12,17-18H2,1H3. The van der Waals surface area contributed by atoms with Crippen LogP contribution in [0.1, 0.15) is 24.2 Å². The number of hydrogen-bond donors (Lipinski definition) is 2. The summed E-state index contributed by atoms with van der Waals surface area (Å²) in [5.74, 6) is 0. The zero-order chi connectivity index (χ0) is 13.7. The van der Waals surface area contributed by atoms with E-state index in [-0.39, 0.29) is 6.10 Å². The second kappa shape index (κ2) is 5.97. The molecule has 0 fully saturated rings. The molecule has 3 heteroatoms. The maximum Gasteiger partial charge on any atom is 0.114 e. The predicted octanol–water partition coefficient (Wildman–Crippen LogP) is 2.58. The summed E-state index contributed by atoms with van der Waals surface area (Å²) in [7, 11) is 0. The monoisotopic (exact) mass is 256 g/mol. The molecule has 19 heavy (non-hydrogen) atoms. The first-order chi connectivity index (χ1) is 9.07. The van der Waals surface area contributed by atoms with E-state index in [0.29, 0.717) is 6.61 Å². The quantitative estimate of drug-likeness (QED) is 0.808. The minimum Gasteiger partial charge on any atom is -0.366 e. The molecule has 2 aromatic rings. The van der Waals surface area contributed by atoms with Crippen molar-refractivity contribution in [3.05, 3.63) is 71.8 Å². The number of hydrogen-bond acceptors (Lipinski definition) is 3. The van der Waals surface area contributed by atoms with Gasteiger partial charge in [-0.25, -0.2) is 0 Å². The maximum atomic E-state index is 6.03. The van der Waals surface area contributed by atoms with Crippen molar-refractivity contribution in [3.8, 4) is 0 Å². The molecule has 4 N–H and O–H groups in total. The Hall–Kier alpha value is -1.68.